The highest BCUT2D eigenvalue weighted by Crippen LogP contribution is 2.24. The van der Waals surface area contributed by atoms with Gasteiger partial charge in [0.05, 0.1) is 6.61 Å². The highest BCUT2D eigenvalue weighted by atomic mass is 35.5. The highest BCUT2D eigenvalue weighted by molar-refractivity contribution is 7.99. The molecule has 0 aromatic heterocycles. The molecule has 1 aliphatic rings. The van der Waals surface area contributed by atoms with Gasteiger partial charge in [-0.15, -0.1) is 11.8 Å². The van der Waals surface area contributed by atoms with Crippen molar-refractivity contribution in [1.82, 2.24) is 5.32 Å². The zero-order valence-electron chi connectivity index (χ0n) is 10.9. The fourth-order valence-electron chi connectivity index (χ4n) is 1.70. The molecule has 19 heavy (non-hydrogen) atoms. The van der Waals surface area contributed by atoms with Gasteiger partial charge in [0.15, 0.2) is 0 Å². The van der Waals surface area contributed by atoms with E-state index >= 15 is 0 Å². The van der Waals surface area contributed by atoms with Crippen LogP contribution in [0, 0.1) is 0 Å². The molecule has 1 aromatic rings. The number of benzene rings is 1. The number of carbonyl (C=O) groups excluding carboxylic acids is 1. The second-order valence-electron chi connectivity index (χ2n) is 4.51. The van der Waals surface area contributed by atoms with Crippen molar-refractivity contribution < 1.29 is 9.53 Å². The Kier molecular flexibility index (Phi) is 5.55. The molecule has 0 bridgehead atoms. The average molecular weight is 300 g/mol. The minimum atomic E-state index is -0.239. The lowest BCUT2D eigenvalue weighted by atomic mass is 10.3. The van der Waals surface area contributed by atoms with E-state index in [1.165, 1.54) is 0 Å². The Hall–Kier alpha value is -0.710. The maximum absolute atomic E-state index is 11.9. The number of halogens is 1. The Morgan fingerprint density at radius 1 is 1.58 bits per heavy atom. The molecule has 104 valence electrons. The SMILES string of the molecule is CCOC(=O)C(CSc1cccc(Cl)c1)NC1CC1. The predicted molar refractivity (Wildman–Crippen MR) is 78.8 cm³/mol. The average Bonchev–Trinajstić information content (AvgIpc) is 3.18. The Bertz CT molecular complexity index is 437. The third-order valence-electron chi connectivity index (χ3n) is 2.80. The number of hydrogen-bond donors (Lipinski definition) is 1. The fourth-order valence-corrected chi connectivity index (χ4v) is 2.93. The molecule has 0 aliphatic heterocycles. The van der Waals surface area contributed by atoms with Crippen LogP contribution in [0.1, 0.15) is 19.8 Å². The number of ether oxygens (including phenoxy) is 1. The van der Waals surface area contributed by atoms with Gasteiger partial charge in [-0.25, -0.2) is 0 Å². The molecule has 1 aliphatic carbocycles. The van der Waals surface area contributed by atoms with Crippen molar-refractivity contribution in [2.45, 2.75) is 36.7 Å². The number of nitrogens with one attached hydrogen (secondary N) is 1. The summed E-state index contributed by atoms with van der Waals surface area (Å²) in [5.74, 6) is 0.499. The van der Waals surface area contributed by atoms with Crippen LogP contribution in [0.4, 0.5) is 0 Å². The molecular weight excluding hydrogens is 282 g/mol. The van der Waals surface area contributed by atoms with E-state index in [0.29, 0.717) is 23.4 Å². The zero-order valence-corrected chi connectivity index (χ0v) is 12.5. The van der Waals surface area contributed by atoms with Crippen LogP contribution in [-0.2, 0) is 9.53 Å². The number of carbonyl (C=O) groups is 1. The standard InChI is InChI=1S/C14H18ClNO2S/c1-2-18-14(17)13(16-11-6-7-11)9-19-12-5-3-4-10(15)8-12/h3-5,8,11,13,16H,2,6-7,9H2,1H3. The molecule has 0 spiro atoms. The van der Waals surface area contributed by atoms with E-state index in [1.807, 2.05) is 31.2 Å². The Labute approximate surface area is 123 Å². The van der Waals surface area contributed by atoms with Gasteiger partial charge in [-0.05, 0) is 38.0 Å². The molecule has 0 saturated heterocycles. The number of hydrogen-bond acceptors (Lipinski definition) is 4. The summed E-state index contributed by atoms with van der Waals surface area (Å²) in [7, 11) is 0. The van der Waals surface area contributed by atoms with Gasteiger partial charge in [-0.3, -0.25) is 4.79 Å². The monoisotopic (exact) mass is 299 g/mol. The van der Waals surface area contributed by atoms with Gasteiger partial charge in [0.25, 0.3) is 0 Å². The fraction of sp³-hybridized carbons (Fsp3) is 0.500. The molecule has 1 N–H and O–H groups in total. The van der Waals surface area contributed by atoms with Gasteiger partial charge in [0.1, 0.15) is 6.04 Å². The largest absolute Gasteiger partial charge is 0.465 e. The van der Waals surface area contributed by atoms with E-state index in [0.717, 1.165) is 17.7 Å². The van der Waals surface area contributed by atoms with Gasteiger partial charge >= 0.3 is 5.97 Å². The lowest BCUT2D eigenvalue weighted by molar-refractivity contribution is -0.145. The van der Waals surface area contributed by atoms with Crippen molar-refractivity contribution in [3.05, 3.63) is 29.3 Å². The van der Waals surface area contributed by atoms with Crippen molar-refractivity contribution in [2.75, 3.05) is 12.4 Å². The number of esters is 1. The molecule has 3 nitrogen and oxygen atoms in total. The highest BCUT2D eigenvalue weighted by Gasteiger charge is 2.29. The quantitative estimate of drug-likeness (QED) is 0.620. The Morgan fingerprint density at radius 2 is 2.37 bits per heavy atom. The first-order valence-corrected chi connectivity index (χ1v) is 7.86. The van der Waals surface area contributed by atoms with Crippen molar-refractivity contribution in [2.24, 2.45) is 0 Å². The third-order valence-corrected chi connectivity index (χ3v) is 4.12. The summed E-state index contributed by atoms with van der Waals surface area (Å²) in [5, 5.41) is 4.05. The van der Waals surface area contributed by atoms with Crippen LogP contribution in [0.2, 0.25) is 5.02 Å². The van der Waals surface area contributed by atoms with Crippen molar-refractivity contribution in [3.63, 3.8) is 0 Å². The molecule has 0 radical (unpaired) electrons. The maximum Gasteiger partial charge on any atom is 0.324 e. The number of rotatable bonds is 7. The van der Waals surface area contributed by atoms with Gasteiger partial charge in [0.2, 0.25) is 0 Å². The van der Waals surface area contributed by atoms with Crippen LogP contribution in [0.5, 0.6) is 0 Å². The first kappa shape index (κ1) is 14.7. The summed E-state index contributed by atoms with van der Waals surface area (Å²) in [6.45, 7) is 2.25. The van der Waals surface area contributed by atoms with Crippen LogP contribution in [0.3, 0.4) is 0 Å². The Morgan fingerprint density at radius 3 is 3.00 bits per heavy atom. The van der Waals surface area contributed by atoms with Crippen LogP contribution in [0.25, 0.3) is 0 Å². The third kappa shape index (κ3) is 5.05. The van der Waals surface area contributed by atoms with E-state index in [-0.39, 0.29) is 12.0 Å². The van der Waals surface area contributed by atoms with Crippen molar-refractivity contribution in [3.8, 4) is 0 Å². The second-order valence-corrected chi connectivity index (χ2v) is 6.04. The van der Waals surface area contributed by atoms with Crippen molar-refractivity contribution in [1.29, 1.82) is 0 Å². The summed E-state index contributed by atoms with van der Waals surface area (Å²) in [4.78, 5) is 12.9. The summed E-state index contributed by atoms with van der Waals surface area (Å²) in [5.41, 5.74) is 0. The molecule has 1 saturated carbocycles. The molecule has 1 unspecified atom stereocenters. The maximum atomic E-state index is 11.9. The minimum absolute atomic E-state index is 0.163. The van der Waals surface area contributed by atoms with Crippen LogP contribution in [-0.4, -0.2) is 30.4 Å². The second kappa shape index (κ2) is 7.17. The number of thioether (sulfide) groups is 1. The predicted octanol–water partition coefficient (Wildman–Crippen LogP) is 3.12. The van der Waals surface area contributed by atoms with E-state index < -0.39 is 0 Å². The molecule has 5 heteroatoms. The minimum Gasteiger partial charge on any atom is -0.465 e. The van der Waals surface area contributed by atoms with E-state index in [4.69, 9.17) is 16.3 Å². The van der Waals surface area contributed by atoms with Gasteiger partial charge < -0.3 is 10.1 Å². The van der Waals surface area contributed by atoms with Crippen LogP contribution < -0.4 is 5.32 Å². The van der Waals surface area contributed by atoms with E-state index in [9.17, 15) is 4.79 Å². The first-order valence-electron chi connectivity index (χ1n) is 6.50. The summed E-state index contributed by atoms with van der Waals surface area (Å²) < 4.78 is 5.10. The van der Waals surface area contributed by atoms with Crippen LogP contribution >= 0.6 is 23.4 Å². The molecule has 2 rings (SSSR count). The zero-order chi connectivity index (χ0) is 13.7. The molecule has 0 amide bonds. The van der Waals surface area contributed by atoms with Gasteiger partial charge in [-0.2, -0.15) is 0 Å². The molecule has 1 fully saturated rings. The summed E-state index contributed by atoms with van der Waals surface area (Å²) in [6, 6.07) is 7.90. The lowest BCUT2D eigenvalue weighted by Gasteiger charge is -2.16. The summed E-state index contributed by atoms with van der Waals surface area (Å²) in [6.07, 6.45) is 2.30. The van der Waals surface area contributed by atoms with E-state index in [2.05, 4.69) is 5.32 Å². The van der Waals surface area contributed by atoms with Gasteiger partial charge in [-0.1, -0.05) is 17.7 Å². The Balaban J connectivity index is 1.89. The van der Waals surface area contributed by atoms with Crippen LogP contribution in [0.15, 0.2) is 29.2 Å². The van der Waals surface area contributed by atoms with Crippen molar-refractivity contribution >= 4 is 29.3 Å². The molecule has 1 aromatic carbocycles. The molecular formula is C14H18ClNO2S. The normalized spacial score (nSPS) is 16.1. The topological polar surface area (TPSA) is 38.3 Å². The first-order chi connectivity index (χ1) is 9.19. The summed E-state index contributed by atoms with van der Waals surface area (Å²) >= 11 is 7.57. The van der Waals surface area contributed by atoms with E-state index in [1.54, 1.807) is 11.8 Å². The molecule has 1 atom stereocenters. The molecule has 0 heterocycles. The lowest BCUT2D eigenvalue weighted by Crippen LogP contribution is -2.41. The van der Waals surface area contributed by atoms with Gasteiger partial charge in [0, 0.05) is 21.7 Å². The smallest absolute Gasteiger partial charge is 0.324 e.